The Kier molecular flexibility index (Phi) is 5.53. The Morgan fingerprint density at radius 2 is 2.11 bits per heavy atom. The standard InChI is InChI=1S/C10H9Br2N3O3/c1-14-6(4-13)5-18-10-8(11)2-7(15(16)17)3-9(10)12/h2-3,6,14H,5H2,1H3. The Labute approximate surface area is 120 Å². The van der Waals surface area contributed by atoms with Crippen molar-refractivity contribution in [2.75, 3.05) is 13.7 Å². The van der Waals surface area contributed by atoms with E-state index < -0.39 is 11.0 Å². The van der Waals surface area contributed by atoms with E-state index in [0.717, 1.165) is 0 Å². The van der Waals surface area contributed by atoms with Gasteiger partial charge < -0.3 is 10.1 Å². The summed E-state index contributed by atoms with van der Waals surface area (Å²) in [6, 6.07) is 4.27. The van der Waals surface area contributed by atoms with Gasteiger partial charge >= 0.3 is 0 Å². The molecule has 0 bridgehead atoms. The summed E-state index contributed by atoms with van der Waals surface area (Å²) in [5.74, 6) is 0.427. The van der Waals surface area contributed by atoms with Gasteiger partial charge in [0.15, 0.2) is 0 Å². The number of nitriles is 1. The molecule has 0 amide bonds. The fourth-order valence-corrected chi connectivity index (χ4v) is 2.53. The molecule has 0 saturated heterocycles. The topological polar surface area (TPSA) is 88.2 Å². The molecule has 6 nitrogen and oxygen atoms in total. The SMILES string of the molecule is CNC(C#N)COc1c(Br)cc([N+](=O)[O-])cc1Br. The van der Waals surface area contributed by atoms with E-state index in [1.54, 1.807) is 7.05 Å². The van der Waals surface area contributed by atoms with E-state index in [0.29, 0.717) is 14.7 Å². The van der Waals surface area contributed by atoms with Gasteiger partial charge in [0.05, 0.1) is 19.9 Å². The van der Waals surface area contributed by atoms with Gasteiger partial charge in [-0.1, -0.05) is 0 Å². The predicted molar refractivity (Wildman–Crippen MR) is 72.5 cm³/mol. The Morgan fingerprint density at radius 1 is 1.56 bits per heavy atom. The van der Waals surface area contributed by atoms with Gasteiger partial charge in [-0.05, 0) is 38.9 Å². The second-order valence-electron chi connectivity index (χ2n) is 3.28. The lowest BCUT2D eigenvalue weighted by molar-refractivity contribution is -0.385. The highest BCUT2D eigenvalue weighted by atomic mass is 79.9. The summed E-state index contributed by atoms with van der Waals surface area (Å²) in [6.45, 7) is 0.141. The highest BCUT2D eigenvalue weighted by Gasteiger charge is 2.16. The zero-order chi connectivity index (χ0) is 13.7. The fraction of sp³-hybridized carbons (Fsp3) is 0.300. The van der Waals surface area contributed by atoms with Crippen LogP contribution < -0.4 is 10.1 Å². The van der Waals surface area contributed by atoms with Crippen LogP contribution in [0.2, 0.25) is 0 Å². The molecule has 96 valence electrons. The largest absolute Gasteiger partial charge is 0.488 e. The first kappa shape index (κ1) is 14.9. The third-order valence-corrected chi connectivity index (χ3v) is 3.27. The van der Waals surface area contributed by atoms with Gasteiger partial charge in [-0.2, -0.15) is 5.26 Å². The van der Waals surface area contributed by atoms with Crippen LogP contribution in [0.3, 0.4) is 0 Å². The van der Waals surface area contributed by atoms with Gasteiger partial charge in [0, 0.05) is 12.1 Å². The summed E-state index contributed by atoms with van der Waals surface area (Å²) in [5, 5.41) is 22.2. The van der Waals surface area contributed by atoms with Crippen molar-refractivity contribution in [3.63, 3.8) is 0 Å². The van der Waals surface area contributed by atoms with Crippen LogP contribution in [-0.4, -0.2) is 24.6 Å². The van der Waals surface area contributed by atoms with Crippen LogP contribution in [0.1, 0.15) is 0 Å². The van der Waals surface area contributed by atoms with Crippen molar-refractivity contribution in [1.82, 2.24) is 5.32 Å². The number of nitro groups is 1. The molecular formula is C10H9Br2N3O3. The third-order valence-electron chi connectivity index (χ3n) is 2.09. The molecule has 1 rings (SSSR count). The number of halogens is 2. The van der Waals surface area contributed by atoms with Crippen molar-refractivity contribution in [2.24, 2.45) is 0 Å². The van der Waals surface area contributed by atoms with Gasteiger partial charge in [-0.25, -0.2) is 0 Å². The quantitative estimate of drug-likeness (QED) is 0.628. The smallest absolute Gasteiger partial charge is 0.271 e. The van der Waals surface area contributed by atoms with E-state index in [1.807, 2.05) is 6.07 Å². The fourth-order valence-electron chi connectivity index (χ4n) is 1.14. The summed E-state index contributed by atoms with van der Waals surface area (Å²) in [4.78, 5) is 10.2. The van der Waals surface area contributed by atoms with E-state index in [-0.39, 0.29) is 12.3 Å². The Hall–Kier alpha value is -1.17. The monoisotopic (exact) mass is 377 g/mol. The van der Waals surface area contributed by atoms with E-state index in [9.17, 15) is 10.1 Å². The van der Waals surface area contributed by atoms with Crippen LogP contribution in [0, 0.1) is 21.4 Å². The van der Waals surface area contributed by atoms with Gasteiger partial charge in [-0.15, -0.1) is 0 Å². The number of ether oxygens (including phenoxy) is 1. The molecule has 8 heteroatoms. The summed E-state index contributed by atoms with van der Waals surface area (Å²) in [6.07, 6.45) is 0. The maximum atomic E-state index is 10.6. The van der Waals surface area contributed by atoms with E-state index >= 15 is 0 Å². The number of hydrogen-bond acceptors (Lipinski definition) is 5. The van der Waals surface area contributed by atoms with Crippen LogP contribution >= 0.6 is 31.9 Å². The van der Waals surface area contributed by atoms with E-state index in [4.69, 9.17) is 10.00 Å². The number of likely N-dealkylation sites (N-methyl/N-ethyl adjacent to an activating group) is 1. The lowest BCUT2D eigenvalue weighted by Crippen LogP contribution is -2.30. The third kappa shape index (κ3) is 3.66. The average molecular weight is 379 g/mol. The van der Waals surface area contributed by atoms with Gasteiger partial charge in [-0.3, -0.25) is 10.1 Å². The zero-order valence-corrected chi connectivity index (χ0v) is 12.5. The lowest BCUT2D eigenvalue weighted by atomic mass is 10.3. The zero-order valence-electron chi connectivity index (χ0n) is 9.31. The molecule has 18 heavy (non-hydrogen) atoms. The summed E-state index contributed by atoms with van der Waals surface area (Å²) in [5.41, 5.74) is -0.0495. The molecule has 1 unspecified atom stereocenters. The van der Waals surface area contributed by atoms with Crippen molar-refractivity contribution < 1.29 is 9.66 Å². The molecule has 0 saturated carbocycles. The minimum absolute atomic E-state index is 0.0495. The second kappa shape index (κ2) is 6.68. The van der Waals surface area contributed by atoms with E-state index in [1.165, 1.54) is 12.1 Å². The number of nitrogens with one attached hydrogen (secondary N) is 1. The highest BCUT2D eigenvalue weighted by molar-refractivity contribution is 9.11. The molecule has 0 radical (unpaired) electrons. The molecule has 0 spiro atoms. The molecule has 0 aliphatic rings. The number of benzene rings is 1. The maximum Gasteiger partial charge on any atom is 0.271 e. The first-order valence-electron chi connectivity index (χ1n) is 4.82. The molecule has 0 aromatic heterocycles. The number of nitro benzene ring substituents is 1. The first-order valence-corrected chi connectivity index (χ1v) is 6.41. The normalized spacial score (nSPS) is 11.7. The Morgan fingerprint density at radius 3 is 2.50 bits per heavy atom. The minimum atomic E-state index is -0.495. The van der Waals surface area contributed by atoms with Crippen LogP contribution in [0.25, 0.3) is 0 Å². The van der Waals surface area contributed by atoms with Crippen molar-refractivity contribution in [2.45, 2.75) is 6.04 Å². The van der Waals surface area contributed by atoms with Gasteiger partial charge in [0.25, 0.3) is 5.69 Å². The van der Waals surface area contributed by atoms with Crippen molar-refractivity contribution in [3.8, 4) is 11.8 Å². The van der Waals surface area contributed by atoms with Crippen LogP contribution in [0.4, 0.5) is 5.69 Å². The molecule has 1 atom stereocenters. The van der Waals surface area contributed by atoms with Gasteiger partial charge in [0.2, 0.25) is 0 Å². The molecule has 1 N–H and O–H groups in total. The highest BCUT2D eigenvalue weighted by Crippen LogP contribution is 2.37. The Balaban J connectivity index is 2.91. The molecule has 1 aromatic carbocycles. The summed E-state index contributed by atoms with van der Waals surface area (Å²) in [7, 11) is 1.65. The molecule has 0 heterocycles. The van der Waals surface area contributed by atoms with Crippen LogP contribution in [0.15, 0.2) is 21.1 Å². The van der Waals surface area contributed by atoms with Crippen molar-refractivity contribution >= 4 is 37.5 Å². The summed E-state index contributed by atoms with van der Waals surface area (Å²) >= 11 is 6.39. The number of rotatable bonds is 5. The molecular weight excluding hydrogens is 370 g/mol. The number of nitrogens with zero attached hydrogens (tertiary/aromatic N) is 2. The van der Waals surface area contributed by atoms with E-state index in [2.05, 4.69) is 37.2 Å². The summed E-state index contributed by atoms with van der Waals surface area (Å²) < 4.78 is 6.35. The molecule has 0 fully saturated rings. The lowest BCUT2D eigenvalue weighted by Gasteiger charge is -2.12. The second-order valence-corrected chi connectivity index (χ2v) is 4.99. The average Bonchev–Trinajstić information content (AvgIpc) is 2.32. The maximum absolute atomic E-state index is 10.6. The first-order chi connectivity index (χ1) is 8.49. The Bertz CT molecular complexity index is 479. The van der Waals surface area contributed by atoms with Gasteiger partial charge in [0.1, 0.15) is 18.4 Å². The molecule has 0 aliphatic heterocycles. The predicted octanol–water partition coefficient (Wildman–Crippen LogP) is 2.61. The minimum Gasteiger partial charge on any atom is -0.488 e. The van der Waals surface area contributed by atoms with Crippen LogP contribution in [-0.2, 0) is 0 Å². The molecule has 1 aromatic rings. The van der Waals surface area contributed by atoms with Crippen molar-refractivity contribution in [3.05, 3.63) is 31.2 Å². The number of non-ortho nitro benzene ring substituents is 1. The van der Waals surface area contributed by atoms with Crippen LogP contribution in [0.5, 0.6) is 5.75 Å². The number of hydrogen-bond donors (Lipinski definition) is 1. The molecule has 0 aliphatic carbocycles. The van der Waals surface area contributed by atoms with Crippen molar-refractivity contribution in [1.29, 1.82) is 5.26 Å².